The molecular weight excluding hydrogens is 454 g/mol. The van der Waals surface area contributed by atoms with Gasteiger partial charge in [0, 0.05) is 24.8 Å². The number of ketones is 2. The van der Waals surface area contributed by atoms with E-state index in [0.29, 0.717) is 55.6 Å². The predicted molar refractivity (Wildman–Crippen MR) is 129 cm³/mol. The Hall–Kier alpha value is -2.71. The van der Waals surface area contributed by atoms with Crippen molar-refractivity contribution in [2.24, 2.45) is 5.92 Å². The molecular formula is C26H31NO6S. The van der Waals surface area contributed by atoms with Gasteiger partial charge in [-0.25, -0.2) is 8.42 Å². The van der Waals surface area contributed by atoms with E-state index in [2.05, 4.69) is 0 Å². The van der Waals surface area contributed by atoms with Crippen molar-refractivity contribution in [3.8, 4) is 5.75 Å². The molecule has 0 aromatic heterocycles. The van der Waals surface area contributed by atoms with Crippen LogP contribution in [0.1, 0.15) is 66.3 Å². The number of Topliss-reactive ketones (excluding diaryl/α,β-unsaturated/α-hetero) is 2. The lowest BCUT2D eigenvalue weighted by Crippen LogP contribution is -2.42. The Labute approximate surface area is 201 Å². The van der Waals surface area contributed by atoms with Gasteiger partial charge in [-0.05, 0) is 94.3 Å². The minimum atomic E-state index is -3.94. The van der Waals surface area contributed by atoms with Crippen LogP contribution in [0.2, 0.25) is 0 Å². The molecule has 0 saturated carbocycles. The van der Waals surface area contributed by atoms with Crippen LogP contribution in [-0.2, 0) is 21.2 Å². The summed E-state index contributed by atoms with van der Waals surface area (Å²) in [6.07, 6.45) is 3.14. The fourth-order valence-corrected chi connectivity index (χ4v) is 6.36. The maximum absolute atomic E-state index is 13.8. The van der Waals surface area contributed by atoms with Crippen LogP contribution in [0.25, 0.3) is 0 Å². The smallest absolute Gasteiger partial charge is 0.264 e. The van der Waals surface area contributed by atoms with Gasteiger partial charge in [-0.1, -0.05) is 0 Å². The average molecular weight is 486 g/mol. The maximum atomic E-state index is 13.8. The summed E-state index contributed by atoms with van der Waals surface area (Å²) in [5.74, 6) is 0.439. The first-order valence-corrected chi connectivity index (χ1v) is 13.2. The van der Waals surface area contributed by atoms with E-state index in [1.807, 2.05) is 6.92 Å². The number of sulfonamides is 1. The highest BCUT2D eigenvalue weighted by atomic mass is 32.2. The molecule has 2 aliphatic heterocycles. The van der Waals surface area contributed by atoms with E-state index < -0.39 is 10.0 Å². The third-order valence-corrected chi connectivity index (χ3v) is 8.58. The molecule has 8 heteroatoms. The summed E-state index contributed by atoms with van der Waals surface area (Å²) in [6, 6.07) is 9.39. The molecule has 4 rings (SSSR count). The summed E-state index contributed by atoms with van der Waals surface area (Å²) < 4.78 is 40.3. The summed E-state index contributed by atoms with van der Waals surface area (Å²) in [7, 11) is -3.94. The molecule has 0 amide bonds. The number of anilines is 1. The summed E-state index contributed by atoms with van der Waals surface area (Å²) in [6.45, 7) is 6.65. The van der Waals surface area contributed by atoms with Gasteiger partial charge in [-0.15, -0.1) is 0 Å². The van der Waals surface area contributed by atoms with Crippen molar-refractivity contribution in [2.45, 2.75) is 57.4 Å². The van der Waals surface area contributed by atoms with Crippen LogP contribution < -0.4 is 9.04 Å². The summed E-state index contributed by atoms with van der Waals surface area (Å²) in [4.78, 5) is 24.2. The molecule has 2 aromatic rings. The van der Waals surface area contributed by atoms with E-state index in [1.165, 1.54) is 30.3 Å². The van der Waals surface area contributed by atoms with Gasteiger partial charge in [-0.2, -0.15) is 0 Å². The fraction of sp³-hybridized carbons (Fsp3) is 0.462. The van der Waals surface area contributed by atoms with Crippen molar-refractivity contribution in [1.29, 1.82) is 0 Å². The van der Waals surface area contributed by atoms with E-state index >= 15 is 0 Å². The largest absolute Gasteiger partial charge is 0.493 e. The summed E-state index contributed by atoms with van der Waals surface area (Å²) in [5.41, 5.74) is 2.23. The highest BCUT2D eigenvalue weighted by molar-refractivity contribution is 7.92. The minimum absolute atomic E-state index is 0.0476. The number of ether oxygens (including phenoxy) is 2. The van der Waals surface area contributed by atoms with Crippen LogP contribution in [0.15, 0.2) is 41.3 Å². The Kier molecular flexibility index (Phi) is 7.09. The molecule has 1 saturated heterocycles. The van der Waals surface area contributed by atoms with Crippen LogP contribution in [0.4, 0.5) is 5.69 Å². The van der Waals surface area contributed by atoms with Gasteiger partial charge in [0.15, 0.2) is 11.6 Å². The third-order valence-electron chi connectivity index (χ3n) is 6.66. The number of rotatable bonds is 7. The zero-order valence-corrected chi connectivity index (χ0v) is 20.7. The van der Waals surface area contributed by atoms with Gasteiger partial charge < -0.3 is 9.47 Å². The van der Waals surface area contributed by atoms with Gasteiger partial charge in [-0.3, -0.25) is 13.9 Å². The Morgan fingerprint density at radius 1 is 1.03 bits per heavy atom. The van der Waals surface area contributed by atoms with Crippen LogP contribution >= 0.6 is 0 Å². The van der Waals surface area contributed by atoms with E-state index in [4.69, 9.17) is 9.47 Å². The number of carbonyl (C=O) groups excluding carboxylic acids is 2. The second kappa shape index (κ2) is 9.88. The van der Waals surface area contributed by atoms with Gasteiger partial charge >= 0.3 is 0 Å². The molecule has 1 fully saturated rings. The molecule has 2 aliphatic rings. The highest BCUT2D eigenvalue weighted by Crippen LogP contribution is 2.37. The lowest BCUT2D eigenvalue weighted by molar-refractivity contribution is 0.0495. The first kappa shape index (κ1) is 24.4. The molecule has 0 bridgehead atoms. The van der Waals surface area contributed by atoms with E-state index in [9.17, 15) is 18.0 Å². The first-order chi connectivity index (χ1) is 16.2. The fourth-order valence-electron chi connectivity index (χ4n) is 4.61. The molecule has 34 heavy (non-hydrogen) atoms. The number of carbonyl (C=O) groups is 2. The molecule has 0 unspecified atom stereocenters. The molecule has 1 atom stereocenters. The van der Waals surface area contributed by atoms with Crippen molar-refractivity contribution >= 4 is 27.3 Å². The van der Waals surface area contributed by atoms with Gasteiger partial charge in [0.25, 0.3) is 10.0 Å². The molecule has 182 valence electrons. The Bertz CT molecular complexity index is 1200. The topological polar surface area (TPSA) is 90.0 Å². The van der Waals surface area contributed by atoms with Crippen molar-refractivity contribution in [3.05, 3.63) is 53.1 Å². The summed E-state index contributed by atoms with van der Waals surface area (Å²) >= 11 is 0. The Morgan fingerprint density at radius 3 is 2.44 bits per heavy atom. The molecule has 2 heterocycles. The Balaban J connectivity index is 1.66. The molecule has 2 aromatic carbocycles. The molecule has 0 radical (unpaired) electrons. The van der Waals surface area contributed by atoms with E-state index in [1.54, 1.807) is 24.3 Å². The summed E-state index contributed by atoms with van der Waals surface area (Å²) in [5, 5.41) is 0. The zero-order chi connectivity index (χ0) is 24.5. The number of fused-ring (bicyclic) bond motifs is 1. The van der Waals surface area contributed by atoms with Crippen LogP contribution in [0.5, 0.6) is 5.75 Å². The SMILES string of the molecule is CC(=O)c1ccc2c(c1)CC[C@H](C)N2S(=O)(=O)c1ccc(OCC2CCOCC2)c(C(C)=O)c1. The number of benzene rings is 2. The molecule has 0 N–H and O–H groups in total. The minimum Gasteiger partial charge on any atom is -0.493 e. The van der Waals surface area contributed by atoms with Gasteiger partial charge in [0.05, 0.1) is 22.8 Å². The van der Waals surface area contributed by atoms with Crippen molar-refractivity contribution < 1.29 is 27.5 Å². The van der Waals surface area contributed by atoms with Crippen LogP contribution in [-0.4, -0.2) is 45.8 Å². The van der Waals surface area contributed by atoms with Crippen LogP contribution in [0.3, 0.4) is 0 Å². The highest BCUT2D eigenvalue weighted by Gasteiger charge is 2.34. The molecule has 0 aliphatic carbocycles. The van der Waals surface area contributed by atoms with Crippen LogP contribution in [0, 0.1) is 5.92 Å². The lowest BCUT2D eigenvalue weighted by atomic mass is 9.96. The maximum Gasteiger partial charge on any atom is 0.264 e. The van der Waals surface area contributed by atoms with Crippen molar-refractivity contribution in [3.63, 3.8) is 0 Å². The first-order valence-electron chi connectivity index (χ1n) is 11.7. The monoisotopic (exact) mass is 485 g/mol. The van der Waals surface area contributed by atoms with Gasteiger partial charge in [0.1, 0.15) is 5.75 Å². The second-order valence-electron chi connectivity index (χ2n) is 9.17. The number of aryl methyl sites for hydroxylation is 1. The van der Waals surface area contributed by atoms with Crippen molar-refractivity contribution in [1.82, 2.24) is 0 Å². The third kappa shape index (κ3) is 4.88. The quantitative estimate of drug-likeness (QED) is 0.539. The molecule has 0 spiro atoms. The standard InChI is InChI=1S/C26H31NO6S/c1-17-4-5-22-14-21(18(2)28)6-8-25(22)27(17)34(30,31)23-7-9-26(24(15-23)19(3)29)33-16-20-10-12-32-13-11-20/h6-9,14-15,17,20H,4-5,10-13,16H2,1-3H3/t17-/m0/s1. The number of nitrogens with zero attached hydrogens (tertiary/aromatic N) is 1. The Morgan fingerprint density at radius 2 is 1.76 bits per heavy atom. The average Bonchev–Trinajstić information content (AvgIpc) is 2.82. The van der Waals surface area contributed by atoms with Crippen molar-refractivity contribution in [2.75, 3.05) is 24.1 Å². The number of hydrogen-bond acceptors (Lipinski definition) is 6. The second-order valence-corrected chi connectivity index (χ2v) is 11.0. The number of hydrogen-bond donors (Lipinski definition) is 0. The van der Waals surface area contributed by atoms with E-state index in [0.717, 1.165) is 18.4 Å². The normalized spacial score (nSPS) is 18.9. The molecule has 7 nitrogen and oxygen atoms in total. The zero-order valence-electron chi connectivity index (χ0n) is 19.9. The van der Waals surface area contributed by atoms with E-state index in [-0.39, 0.29) is 28.1 Å². The lowest BCUT2D eigenvalue weighted by Gasteiger charge is -2.36. The predicted octanol–water partition coefficient (Wildman–Crippen LogP) is 4.43. The van der Waals surface area contributed by atoms with Gasteiger partial charge in [0.2, 0.25) is 0 Å².